The summed E-state index contributed by atoms with van der Waals surface area (Å²) in [6.45, 7) is 1.98. The van der Waals surface area contributed by atoms with Gasteiger partial charge in [0, 0.05) is 37.8 Å². The summed E-state index contributed by atoms with van der Waals surface area (Å²) in [4.78, 5) is 25.8. The number of benzene rings is 2. The third kappa shape index (κ3) is 5.42. The lowest BCUT2D eigenvalue weighted by Gasteiger charge is -2.34. The van der Waals surface area contributed by atoms with E-state index in [4.69, 9.17) is 18.9 Å². The molecule has 184 valence electrons. The summed E-state index contributed by atoms with van der Waals surface area (Å²) >= 11 is 0. The molecule has 0 unspecified atom stereocenters. The number of carbonyl (C=O) groups excluding carboxylic acids is 2. The van der Waals surface area contributed by atoms with Gasteiger partial charge in [0.25, 0.3) is 5.91 Å². The van der Waals surface area contributed by atoms with Gasteiger partial charge in [-0.15, -0.1) is 0 Å². The van der Waals surface area contributed by atoms with Crippen molar-refractivity contribution < 1.29 is 37.0 Å². The van der Waals surface area contributed by atoms with Crippen molar-refractivity contribution in [2.24, 2.45) is 0 Å². The third-order valence-electron chi connectivity index (χ3n) is 5.51. The van der Waals surface area contributed by atoms with Gasteiger partial charge in [-0.2, -0.15) is 4.31 Å². The summed E-state index contributed by atoms with van der Waals surface area (Å²) in [5, 5.41) is 0. The molecule has 34 heavy (non-hydrogen) atoms. The van der Waals surface area contributed by atoms with Crippen molar-refractivity contribution in [2.75, 3.05) is 54.1 Å². The molecule has 0 N–H and O–H groups in total. The quantitative estimate of drug-likeness (QED) is 0.488. The molecule has 0 aromatic heterocycles. The van der Waals surface area contributed by atoms with Crippen LogP contribution in [0.15, 0.2) is 41.3 Å². The lowest BCUT2D eigenvalue weighted by molar-refractivity contribution is -0.134. The van der Waals surface area contributed by atoms with Gasteiger partial charge in [0.05, 0.1) is 26.2 Å². The number of ketones is 1. The van der Waals surface area contributed by atoms with E-state index in [0.29, 0.717) is 28.6 Å². The van der Waals surface area contributed by atoms with E-state index in [1.807, 2.05) is 0 Å². The Labute approximate surface area is 199 Å². The lowest BCUT2D eigenvalue weighted by Crippen LogP contribution is -2.51. The van der Waals surface area contributed by atoms with Crippen LogP contribution in [0.1, 0.15) is 17.3 Å². The zero-order valence-electron chi connectivity index (χ0n) is 19.6. The van der Waals surface area contributed by atoms with E-state index < -0.39 is 10.0 Å². The molecule has 1 heterocycles. The molecule has 1 aliphatic rings. The molecule has 11 heteroatoms. The van der Waals surface area contributed by atoms with Crippen molar-refractivity contribution in [3.05, 3.63) is 42.0 Å². The molecule has 0 atom stereocenters. The van der Waals surface area contributed by atoms with Gasteiger partial charge >= 0.3 is 0 Å². The summed E-state index contributed by atoms with van der Waals surface area (Å²) < 4.78 is 48.7. The van der Waals surface area contributed by atoms with Crippen LogP contribution in [0.4, 0.5) is 0 Å². The Kier molecular flexibility index (Phi) is 8.00. The second-order valence-electron chi connectivity index (χ2n) is 7.51. The number of Topliss-reactive ketones (excluding diaryl/α,β-unsaturated/α-hetero) is 1. The molecular weight excluding hydrogens is 464 g/mol. The highest BCUT2D eigenvalue weighted by atomic mass is 32.2. The summed E-state index contributed by atoms with van der Waals surface area (Å²) in [5.74, 6) is 1.07. The van der Waals surface area contributed by atoms with Gasteiger partial charge in [0.2, 0.25) is 10.0 Å². The van der Waals surface area contributed by atoms with Crippen molar-refractivity contribution in [3.8, 4) is 23.0 Å². The first-order chi connectivity index (χ1) is 16.2. The number of amides is 1. The average molecular weight is 493 g/mol. The second-order valence-corrected chi connectivity index (χ2v) is 9.45. The summed E-state index contributed by atoms with van der Waals surface area (Å²) in [5.41, 5.74) is 0.474. The van der Waals surface area contributed by atoms with Gasteiger partial charge < -0.3 is 23.8 Å². The molecule has 1 fully saturated rings. The molecule has 0 radical (unpaired) electrons. The summed E-state index contributed by atoms with van der Waals surface area (Å²) in [6, 6.07) is 9.16. The molecule has 0 saturated carbocycles. The first-order valence-corrected chi connectivity index (χ1v) is 12.0. The van der Waals surface area contributed by atoms with Crippen LogP contribution in [0, 0.1) is 0 Å². The third-order valence-corrected chi connectivity index (χ3v) is 7.40. The minimum atomic E-state index is -3.76. The Morgan fingerprint density at radius 3 is 2.00 bits per heavy atom. The molecule has 2 aromatic rings. The number of piperazine rings is 1. The van der Waals surface area contributed by atoms with Crippen LogP contribution in [0.2, 0.25) is 0 Å². The van der Waals surface area contributed by atoms with E-state index in [0.717, 1.165) is 0 Å². The van der Waals surface area contributed by atoms with E-state index in [-0.39, 0.29) is 49.4 Å². The number of hydrogen-bond acceptors (Lipinski definition) is 8. The van der Waals surface area contributed by atoms with E-state index in [1.165, 1.54) is 44.7 Å². The van der Waals surface area contributed by atoms with Crippen molar-refractivity contribution >= 4 is 21.7 Å². The number of methoxy groups -OCH3 is 3. The Hall–Kier alpha value is -3.31. The molecule has 0 aliphatic carbocycles. The molecule has 10 nitrogen and oxygen atoms in total. The maximum Gasteiger partial charge on any atom is 0.260 e. The van der Waals surface area contributed by atoms with Crippen LogP contribution in [0.25, 0.3) is 0 Å². The normalized spacial score (nSPS) is 14.4. The average Bonchev–Trinajstić information content (AvgIpc) is 2.86. The predicted molar refractivity (Wildman–Crippen MR) is 123 cm³/mol. The van der Waals surface area contributed by atoms with Crippen LogP contribution in [0.3, 0.4) is 0 Å². The maximum absolute atomic E-state index is 13.1. The van der Waals surface area contributed by atoms with Gasteiger partial charge in [-0.1, -0.05) is 0 Å². The van der Waals surface area contributed by atoms with Crippen molar-refractivity contribution in [3.63, 3.8) is 0 Å². The number of nitrogens with zero attached hydrogens (tertiary/aromatic N) is 2. The van der Waals surface area contributed by atoms with Crippen LogP contribution < -0.4 is 18.9 Å². The number of ether oxygens (including phenoxy) is 4. The number of hydrogen-bond donors (Lipinski definition) is 0. The van der Waals surface area contributed by atoms with E-state index in [1.54, 1.807) is 29.2 Å². The first kappa shape index (κ1) is 25.3. The fourth-order valence-electron chi connectivity index (χ4n) is 3.54. The molecule has 0 bridgehead atoms. The second kappa shape index (κ2) is 10.7. The van der Waals surface area contributed by atoms with Gasteiger partial charge in [0.15, 0.2) is 35.4 Å². The Bertz CT molecular complexity index is 1160. The van der Waals surface area contributed by atoms with Gasteiger partial charge in [-0.25, -0.2) is 8.42 Å². The Balaban J connectivity index is 1.60. The van der Waals surface area contributed by atoms with E-state index in [2.05, 4.69) is 0 Å². The highest BCUT2D eigenvalue weighted by Gasteiger charge is 2.31. The lowest BCUT2D eigenvalue weighted by atomic mass is 10.1. The van der Waals surface area contributed by atoms with Crippen molar-refractivity contribution in [1.29, 1.82) is 0 Å². The van der Waals surface area contributed by atoms with Crippen molar-refractivity contribution in [1.82, 2.24) is 9.21 Å². The highest BCUT2D eigenvalue weighted by molar-refractivity contribution is 7.89. The standard InChI is InChI=1S/C23H28N2O8S/c1-16(26)17-5-7-20(21(13-17)31-3)33-15-23(27)24-9-11-25(12-10-24)34(28,29)18-6-8-19(30-2)22(14-18)32-4/h5-8,13-14H,9-12,15H2,1-4H3. The number of rotatable bonds is 9. The number of carbonyl (C=O) groups is 2. The molecular formula is C23H28N2O8S. The molecule has 1 saturated heterocycles. The summed E-state index contributed by atoms with van der Waals surface area (Å²) in [6.07, 6.45) is 0. The van der Waals surface area contributed by atoms with Crippen LogP contribution >= 0.6 is 0 Å². The summed E-state index contributed by atoms with van der Waals surface area (Å²) in [7, 11) is 0.605. The Morgan fingerprint density at radius 1 is 0.824 bits per heavy atom. The van der Waals surface area contributed by atoms with E-state index in [9.17, 15) is 18.0 Å². The van der Waals surface area contributed by atoms with Crippen molar-refractivity contribution in [2.45, 2.75) is 11.8 Å². The van der Waals surface area contributed by atoms with Crippen LogP contribution in [-0.2, 0) is 14.8 Å². The first-order valence-electron chi connectivity index (χ1n) is 10.5. The molecule has 1 amide bonds. The van der Waals surface area contributed by atoms with Gasteiger partial charge in [0.1, 0.15) is 0 Å². The van der Waals surface area contributed by atoms with Crippen LogP contribution in [-0.4, -0.2) is 83.4 Å². The smallest absolute Gasteiger partial charge is 0.260 e. The fraction of sp³-hybridized carbons (Fsp3) is 0.391. The molecule has 3 rings (SSSR count). The zero-order chi connectivity index (χ0) is 24.9. The topological polar surface area (TPSA) is 112 Å². The zero-order valence-corrected chi connectivity index (χ0v) is 20.4. The van der Waals surface area contributed by atoms with E-state index >= 15 is 0 Å². The number of sulfonamides is 1. The maximum atomic E-state index is 13.1. The minimum Gasteiger partial charge on any atom is -0.493 e. The monoisotopic (exact) mass is 492 g/mol. The molecule has 2 aromatic carbocycles. The SMILES string of the molecule is COc1ccc(S(=O)(=O)N2CCN(C(=O)COc3ccc(C(C)=O)cc3OC)CC2)cc1OC. The fourth-order valence-corrected chi connectivity index (χ4v) is 4.98. The largest absolute Gasteiger partial charge is 0.493 e. The highest BCUT2D eigenvalue weighted by Crippen LogP contribution is 2.31. The predicted octanol–water partition coefficient (Wildman–Crippen LogP) is 1.83. The Morgan fingerprint density at radius 2 is 1.41 bits per heavy atom. The van der Waals surface area contributed by atoms with Crippen LogP contribution in [0.5, 0.6) is 23.0 Å². The molecule has 0 spiro atoms. The minimum absolute atomic E-state index is 0.0920. The van der Waals surface area contributed by atoms with Gasteiger partial charge in [-0.05, 0) is 37.3 Å². The van der Waals surface area contributed by atoms with Gasteiger partial charge in [-0.3, -0.25) is 9.59 Å². The molecule has 1 aliphatic heterocycles.